The summed E-state index contributed by atoms with van der Waals surface area (Å²) in [5, 5.41) is 7.44. The van der Waals surface area contributed by atoms with E-state index in [9.17, 15) is 4.79 Å². The van der Waals surface area contributed by atoms with E-state index >= 15 is 0 Å². The molecular formula is C27H35N5O. The van der Waals surface area contributed by atoms with E-state index in [0.717, 1.165) is 50.7 Å². The normalized spacial score (nSPS) is 24.5. The van der Waals surface area contributed by atoms with Crippen molar-refractivity contribution in [2.75, 3.05) is 38.0 Å². The molecule has 1 spiro atoms. The molecule has 2 aromatic rings. The molecule has 0 aromatic heterocycles. The second-order valence-electron chi connectivity index (χ2n) is 9.59. The smallest absolute Gasteiger partial charge is 0.223 e. The van der Waals surface area contributed by atoms with Crippen molar-refractivity contribution >= 4 is 17.4 Å². The van der Waals surface area contributed by atoms with Gasteiger partial charge in [-0.05, 0) is 49.5 Å². The van der Waals surface area contributed by atoms with Crippen LogP contribution in [0.4, 0.5) is 5.69 Å². The molecule has 6 heteroatoms. The summed E-state index contributed by atoms with van der Waals surface area (Å²) in [6.45, 7) is 5.98. The minimum Gasteiger partial charge on any atom is -0.342 e. The highest BCUT2D eigenvalue weighted by molar-refractivity contribution is 6.04. The Morgan fingerprint density at radius 3 is 2.61 bits per heavy atom. The van der Waals surface area contributed by atoms with E-state index in [1.807, 2.05) is 11.0 Å². The van der Waals surface area contributed by atoms with Gasteiger partial charge in [0.05, 0.1) is 12.1 Å². The number of carbonyl (C=O) groups excluding carboxylic acids is 1. The fourth-order valence-corrected chi connectivity index (χ4v) is 5.29. The van der Waals surface area contributed by atoms with Crippen LogP contribution in [-0.4, -0.2) is 59.8 Å². The summed E-state index contributed by atoms with van der Waals surface area (Å²) >= 11 is 0. The van der Waals surface area contributed by atoms with Gasteiger partial charge < -0.3 is 15.1 Å². The molecule has 0 radical (unpaired) electrons. The number of fused-ring (bicyclic) bond motifs is 1. The number of benzene rings is 2. The first-order valence-electron chi connectivity index (χ1n) is 12.4. The van der Waals surface area contributed by atoms with Gasteiger partial charge in [-0.2, -0.15) is 0 Å². The predicted molar refractivity (Wildman–Crippen MR) is 133 cm³/mol. The van der Waals surface area contributed by atoms with Crippen molar-refractivity contribution in [1.82, 2.24) is 15.1 Å². The summed E-state index contributed by atoms with van der Waals surface area (Å²) in [4.78, 5) is 22.7. The third-order valence-corrected chi connectivity index (χ3v) is 7.32. The van der Waals surface area contributed by atoms with Crippen LogP contribution in [0.1, 0.15) is 43.2 Å². The molecule has 2 N–H and O–H groups in total. The lowest BCUT2D eigenvalue weighted by Gasteiger charge is -2.31. The van der Waals surface area contributed by atoms with Crippen LogP contribution < -0.4 is 10.6 Å². The maximum absolute atomic E-state index is 13.1. The number of aliphatic imine (C=N–C) groups is 1. The van der Waals surface area contributed by atoms with E-state index in [0.29, 0.717) is 19.5 Å². The second kappa shape index (κ2) is 10.1. The first kappa shape index (κ1) is 22.1. The number of hydrogen-bond donors (Lipinski definition) is 2. The third-order valence-electron chi connectivity index (χ3n) is 7.32. The summed E-state index contributed by atoms with van der Waals surface area (Å²) < 4.78 is 0. The molecule has 0 saturated carbocycles. The fraction of sp³-hybridized carbons (Fsp3) is 0.481. The Bertz CT molecular complexity index is 985. The first-order valence-corrected chi connectivity index (χ1v) is 12.4. The monoisotopic (exact) mass is 445 g/mol. The van der Waals surface area contributed by atoms with Crippen LogP contribution in [0.3, 0.4) is 0 Å². The summed E-state index contributed by atoms with van der Waals surface area (Å²) in [6, 6.07) is 18.8. The van der Waals surface area contributed by atoms with Crippen LogP contribution in [0.5, 0.6) is 0 Å². The first-order chi connectivity index (χ1) is 16.2. The molecule has 3 heterocycles. The maximum atomic E-state index is 13.1. The SMILES string of the molecule is O=C(CCN1CCCCC1)N1CCC2(C1)NCc1ccccc1NC2=NCc1ccccc1. The predicted octanol–water partition coefficient (Wildman–Crippen LogP) is 3.65. The highest BCUT2D eigenvalue weighted by Gasteiger charge is 2.45. The van der Waals surface area contributed by atoms with Crippen molar-refractivity contribution in [3.8, 4) is 0 Å². The number of rotatable bonds is 5. The number of piperidine rings is 1. The van der Waals surface area contributed by atoms with Crippen LogP contribution in [0.25, 0.3) is 0 Å². The lowest BCUT2D eigenvalue weighted by atomic mass is 9.96. The number of amidine groups is 1. The molecular weight excluding hydrogens is 410 g/mol. The highest BCUT2D eigenvalue weighted by Crippen LogP contribution is 2.30. The number of para-hydroxylation sites is 1. The molecule has 33 heavy (non-hydrogen) atoms. The van der Waals surface area contributed by atoms with E-state index in [1.165, 1.54) is 30.4 Å². The van der Waals surface area contributed by atoms with Gasteiger partial charge in [-0.15, -0.1) is 0 Å². The van der Waals surface area contributed by atoms with Gasteiger partial charge in [0.15, 0.2) is 0 Å². The number of hydrogen-bond acceptors (Lipinski definition) is 4. The standard InChI is InChI=1S/C27H35N5O/c33-25(13-17-31-15-7-2-8-16-31)32-18-14-27(21-32)26(28-19-22-9-3-1-4-10-22)30-24-12-6-5-11-23(24)20-29-27/h1,3-6,9-12,29H,2,7-8,13-21H2,(H,28,30). The van der Waals surface area contributed by atoms with E-state index < -0.39 is 0 Å². The van der Waals surface area contributed by atoms with Crippen molar-refractivity contribution in [2.24, 2.45) is 4.99 Å². The zero-order valence-corrected chi connectivity index (χ0v) is 19.4. The van der Waals surface area contributed by atoms with Crippen molar-refractivity contribution in [2.45, 2.75) is 50.7 Å². The van der Waals surface area contributed by atoms with Gasteiger partial charge in [0.25, 0.3) is 0 Å². The van der Waals surface area contributed by atoms with Gasteiger partial charge in [0.2, 0.25) is 5.91 Å². The molecule has 5 rings (SSSR count). The quantitative estimate of drug-likeness (QED) is 0.738. The summed E-state index contributed by atoms with van der Waals surface area (Å²) in [6.07, 6.45) is 5.33. The van der Waals surface area contributed by atoms with Crippen LogP contribution >= 0.6 is 0 Å². The molecule has 3 aliphatic heterocycles. The number of nitrogens with one attached hydrogen (secondary N) is 2. The molecule has 2 saturated heterocycles. The lowest BCUT2D eigenvalue weighted by molar-refractivity contribution is -0.130. The minimum atomic E-state index is -0.339. The Balaban J connectivity index is 1.32. The fourth-order valence-electron chi connectivity index (χ4n) is 5.29. The molecule has 0 bridgehead atoms. The lowest BCUT2D eigenvalue weighted by Crippen LogP contribution is -2.55. The maximum Gasteiger partial charge on any atom is 0.223 e. The Morgan fingerprint density at radius 1 is 0.970 bits per heavy atom. The molecule has 174 valence electrons. The zero-order valence-electron chi connectivity index (χ0n) is 19.4. The molecule has 2 aromatic carbocycles. The molecule has 2 fully saturated rings. The van der Waals surface area contributed by atoms with Gasteiger partial charge in [-0.1, -0.05) is 55.0 Å². The zero-order chi connectivity index (χ0) is 22.5. The summed E-state index contributed by atoms with van der Waals surface area (Å²) in [5.41, 5.74) is 3.18. The van der Waals surface area contributed by atoms with Gasteiger partial charge in [0, 0.05) is 38.3 Å². The number of anilines is 1. The molecule has 1 amide bonds. The third kappa shape index (κ3) is 5.12. The van der Waals surface area contributed by atoms with Crippen molar-refractivity contribution in [3.63, 3.8) is 0 Å². The molecule has 0 aliphatic carbocycles. The van der Waals surface area contributed by atoms with Crippen LogP contribution in [-0.2, 0) is 17.9 Å². The van der Waals surface area contributed by atoms with E-state index in [2.05, 4.69) is 64.1 Å². The van der Waals surface area contributed by atoms with E-state index in [4.69, 9.17) is 4.99 Å². The van der Waals surface area contributed by atoms with Crippen molar-refractivity contribution < 1.29 is 4.79 Å². The van der Waals surface area contributed by atoms with Gasteiger partial charge in [0.1, 0.15) is 5.84 Å². The van der Waals surface area contributed by atoms with Crippen LogP contribution in [0, 0.1) is 0 Å². The molecule has 3 aliphatic rings. The highest BCUT2D eigenvalue weighted by atomic mass is 16.2. The number of nitrogens with zero attached hydrogens (tertiary/aromatic N) is 3. The number of likely N-dealkylation sites (tertiary alicyclic amines) is 2. The van der Waals surface area contributed by atoms with Gasteiger partial charge in [-0.3, -0.25) is 15.1 Å². The average molecular weight is 446 g/mol. The Hall–Kier alpha value is -2.70. The van der Waals surface area contributed by atoms with Crippen molar-refractivity contribution in [1.29, 1.82) is 0 Å². The largest absolute Gasteiger partial charge is 0.342 e. The van der Waals surface area contributed by atoms with Crippen LogP contribution in [0.2, 0.25) is 0 Å². The summed E-state index contributed by atoms with van der Waals surface area (Å²) in [5.74, 6) is 1.21. The van der Waals surface area contributed by atoms with Crippen LogP contribution in [0.15, 0.2) is 59.6 Å². The molecule has 1 unspecified atom stereocenters. The van der Waals surface area contributed by atoms with E-state index in [-0.39, 0.29) is 11.4 Å². The number of amides is 1. The van der Waals surface area contributed by atoms with E-state index in [1.54, 1.807) is 0 Å². The van der Waals surface area contributed by atoms with Crippen molar-refractivity contribution in [3.05, 3.63) is 65.7 Å². The van der Waals surface area contributed by atoms with Gasteiger partial charge in [-0.25, -0.2) is 0 Å². The Kier molecular flexibility index (Phi) is 6.74. The second-order valence-corrected chi connectivity index (χ2v) is 9.59. The van der Waals surface area contributed by atoms with Gasteiger partial charge >= 0.3 is 0 Å². The topological polar surface area (TPSA) is 60.0 Å². The number of carbonyl (C=O) groups is 1. The molecule has 1 atom stereocenters. The minimum absolute atomic E-state index is 0.267. The Labute approximate surface area is 197 Å². The summed E-state index contributed by atoms with van der Waals surface area (Å²) in [7, 11) is 0. The average Bonchev–Trinajstić information content (AvgIpc) is 3.24. The molecule has 6 nitrogen and oxygen atoms in total. The Morgan fingerprint density at radius 2 is 1.76 bits per heavy atom.